The number of thiazole rings is 1. The van der Waals surface area contributed by atoms with E-state index in [1.165, 1.54) is 43.8 Å². The van der Waals surface area contributed by atoms with Crippen molar-refractivity contribution in [2.75, 3.05) is 33.2 Å². The molecule has 0 atom stereocenters. The number of guanidine groups is 1. The third-order valence-electron chi connectivity index (χ3n) is 4.30. The summed E-state index contributed by atoms with van der Waals surface area (Å²) < 4.78 is 0. The molecule has 1 aromatic rings. The van der Waals surface area contributed by atoms with Crippen LogP contribution in [0.5, 0.6) is 0 Å². The summed E-state index contributed by atoms with van der Waals surface area (Å²) in [4.78, 5) is 12.4. The Morgan fingerprint density at radius 2 is 2.13 bits per heavy atom. The van der Waals surface area contributed by atoms with E-state index in [9.17, 15) is 0 Å². The fourth-order valence-electron chi connectivity index (χ4n) is 2.85. The standard InChI is InChI=1S/C16H29N5S.HI/c1-4-21-9-6-14(7-10-21)5-8-18-16(17-3)20-12-15-19-11-13(2)22-15;/h11,14H,4-10,12H2,1-3H3,(H2,17,18,20);1H. The molecule has 1 aromatic heterocycles. The summed E-state index contributed by atoms with van der Waals surface area (Å²) in [6.07, 6.45) is 5.81. The Balaban J connectivity index is 0.00000264. The minimum atomic E-state index is 0. The lowest BCUT2D eigenvalue weighted by Gasteiger charge is -2.31. The largest absolute Gasteiger partial charge is 0.356 e. The van der Waals surface area contributed by atoms with E-state index in [0.29, 0.717) is 0 Å². The number of aryl methyl sites for hydroxylation is 1. The molecule has 1 aliphatic rings. The van der Waals surface area contributed by atoms with Crippen LogP contribution in [0, 0.1) is 12.8 Å². The molecule has 1 aliphatic heterocycles. The predicted molar refractivity (Wildman–Crippen MR) is 110 cm³/mol. The summed E-state index contributed by atoms with van der Waals surface area (Å²) in [6, 6.07) is 0. The molecular weight excluding hydrogens is 421 g/mol. The molecule has 0 aromatic carbocycles. The third kappa shape index (κ3) is 7.34. The molecule has 2 N–H and O–H groups in total. The van der Waals surface area contributed by atoms with E-state index in [-0.39, 0.29) is 24.0 Å². The van der Waals surface area contributed by atoms with Gasteiger partial charge in [-0.2, -0.15) is 0 Å². The normalized spacial score (nSPS) is 16.9. The highest BCUT2D eigenvalue weighted by molar-refractivity contribution is 14.0. The van der Waals surface area contributed by atoms with Gasteiger partial charge in [0, 0.05) is 24.7 Å². The van der Waals surface area contributed by atoms with Crippen LogP contribution in [0.4, 0.5) is 0 Å². The first-order valence-corrected chi connectivity index (χ1v) is 9.11. The highest BCUT2D eigenvalue weighted by atomic mass is 127. The van der Waals surface area contributed by atoms with Crippen molar-refractivity contribution in [3.63, 3.8) is 0 Å². The zero-order chi connectivity index (χ0) is 15.8. The lowest BCUT2D eigenvalue weighted by Crippen LogP contribution is -2.39. The van der Waals surface area contributed by atoms with Gasteiger partial charge in [-0.3, -0.25) is 4.99 Å². The highest BCUT2D eigenvalue weighted by Gasteiger charge is 2.17. The zero-order valence-electron chi connectivity index (χ0n) is 14.5. The Labute approximate surface area is 161 Å². The average Bonchev–Trinajstić information content (AvgIpc) is 2.96. The maximum atomic E-state index is 4.36. The van der Waals surface area contributed by atoms with Crippen molar-refractivity contribution in [2.45, 2.75) is 39.7 Å². The van der Waals surface area contributed by atoms with Gasteiger partial charge in [0.2, 0.25) is 0 Å². The SMILES string of the molecule is CCN1CCC(CCNC(=NC)NCc2ncc(C)s2)CC1.I. The van der Waals surface area contributed by atoms with Gasteiger partial charge in [-0.25, -0.2) is 4.98 Å². The highest BCUT2D eigenvalue weighted by Crippen LogP contribution is 2.19. The second-order valence-corrected chi connectivity index (χ2v) is 7.20. The number of rotatable bonds is 6. The fraction of sp³-hybridized carbons (Fsp3) is 0.750. The molecule has 0 amide bonds. The number of likely N-dealkylation sites (tertiary alicyclic amines) is 1. The topological polar surface area (TPSA) is 52.5 Å². The molecule has 2 rings (SSSR count). The Bertz CT molecular complexity index is 469. The Morgan fingerprint density at radius 1 is 1.39 bits per heavy atom. The van der Waals surface area contributed by atoms with E-state index in [1.54, 1.807) is 11.3 Å². The fourth-order valence-corrected chi connectivity index (χ4v) is 3.58. The Kier molecular flexibility index (Phi) is 10.0. The number of halogens is 1. The van der Waals surface area contributed by atoms with Crippen LogP contribution in [-0.2, 0) is 6.54 Å². The molecule has 0 spiro atoms. The van der Waals surface area contributed by atoms with Crippen LogP contribution in [-0.4, -0.2) is 49.1 Å². The molecule has 2 heterocycles. The molecule has 0 aliphatic carbocycles. The van der Waals surface area contributed by atoms with Crippen LogP contribution in [0.25, 0.3) is 0 Å². The average molecular weight is 451 g/mol. The van der Waals surface area contributed by atoms with Gasteiger partial charge in [-0.05, 0) is 51.7 Å². The molecule has 0 bridgehead atoms. The monoisotopic (exact) mass is 451 g/mol. The third-order valence-corrected chi connectivity index (χ3v) is 5.21. The Morgan fingerprint density at radius 3 is 2.70 bits per heavy atom. The Hall–Kier alpha value is -0.410. The molecule has 0 saturated carbocycles. The van der Waals surface area contributed by atoms with E-state index in [4.69, 9.17) is 0 Å². The van der Waals surface area contributed by atoms with Crippen molar-refractivity contribution in [3.8, 4) is 0 Å². The number of aliphatic imine (C=N–C) groups is 1. The summed E-state index contributed by atoms with van der Waals surface area (Å²) >= 11 is 1.73. The number of nitrogens with zero attached hydrogens (tertiary/aromatic N) is 3. The molecule has 1 saturated heterocycles. The van der Waals surface area contributed by atoms with Gasteiger partial charge in [-0.1, -0.05) is 6.92 Å². The van der Waals surface area contributed by atoms with Crippen molar-refractivity contribution in [1.82, 2.24) is 20.5 Å². The van der Waals surface area contributed by atoms with Gasteiger partial charge < -0.3 is 15.5 Å². The van der Waals surface area contributed by atoms with E-state index < -0.39 is 0 Å². The molecule has 0 unspecified atom stereocenters. The van der Waals surface area contributed by atoms with Gasteiger partial charge in [0.1, 0.15) is 5.01 Å². The van der Waals surface area contributed by atoms with Crippen LogP contribution < -0.4 is 10.6 Å². The first-order valence-electron chi connectivity index (χ1n) is 8.29. The number of nitrogens with one attached hydrogen (secondary N) is 2. The first kappa shape index (κ1) is 20.6. The molecular formula is C16H30IN5S. The van der Waals surface area contributed by atoms with Crippen molar-refractivity contribution >= 4 is 41.3 Å². The van der Waals surface area contributed by atoms with Crippen molar-refractivity contribution < 1.29 is 0 Å². The van der Waals surface area contributed by atoms with Crippen LogP contribution >= 0.6 is 35.3 Å². The van der Waals surface area contributed by atoms with Crippen LogP contribution in [0.3, 0.4) is 0 Å². The quantitative estimate of drug-likeness (QED) is 0.397. The van der Waals surface area contributed by atoms with Crippen LogP contribution in [0.15, 0.2) is 11.2 Å². The molecule has 0 radical (unpaired) electrons. The summed E-state index contributed by atoms with van der Waals surface area (Å²) in [5, 5.41) is 7.86. The van der Waals surface area contributed by atoms with E-state index in [1.807, 2.05) is 13.2 Å². The van der Waals surface area contributed by atoms with E-state index in [2.05, 4.69) is 39.4 Å². The second-order valence-electron chi connectivity index (χ2n) is 5.88. The minimum Gasteiger partial charge on any atom is -0.356 e. The molecule has 132 valence electrons. The molecule has 7 heteroatoms. The van der Waals surface area contributed by atoms with Crippen LogP contribution in [0.2, 0.25) is 0 Å². The van der Waals surface area contributed by atoms with Gasteiger partial charge in [0.15, 0.2) is 5.96 Å². The number of piperidine rings is 1. The first-order chi connectivity index (χ1) is 10.7. The number of hydrogen-bond donors (Lipinski definition) is 2. The minimum absolute atomic E-state index is 0. The van der Waals surface area contributed by atoms with Crippen LogP contribution in [0.1, 0.15) is 36.1 Å². The zero-order valence-corrected chi connectivity index (χ0v) is 17.6. The maximum absolute atomic E-state index is 4.36. The number of hydrogen-bond acceptors (Lipinski definition) is 4. The van der Waals surface area contributed by atoms with E-state index >= 15 is 0 Å². The molecule has 5 nitrogen and oxygen atoms in total. The molecule has 23 heavy (non-hydrogen) atoms. The van der Waals surface area contributed by atoms with Gasteiger partial charge in [-0.15, -0.1) is 35.3 Å². The second kappa shape index (κ2) is 11.2. The van der Waals surface area contributed by atoms with Gasteiger partial charge >= 0.3 is 0 Å². The lowest BCUT2D eigenvalue weighted by atomic mass is 9.93. The lowest BCUT2D eigenvalue weighted by molar-refractivity contribution is 0.187. The van der Waals surface area contributed by atoms with Crippen molar-refractivity contribution in [3.05, 3.63) is 16.1 Å². The van der Waals surface area contributed by atoms with E-state index in [0.717, 1.165) is 30.0 Å². The summed E-state index contributed by atoms with van der Waals surface area (Å²) in [7, 11) is 1.82. The van der Waals surface area contributed by atoms with Crippen molar-refractivity contribution in [2.24, 2.45) is 10.9 Å². The van der Waals surface area contributed by atoms with Gasteiger partial charge in [0.25, 0.3) is 0 Å². The summed E-state index contributed by atoms with van der Waals surface area (Å²) in [6.45, 7) is 9.78. The smallest absolute Gasteiger partial charge is 0.191 e. The summed E-state index contributed by atoms with van der Waals surface area (Å²) in [5.74, 6) is 1.73. The van der Waals surface area contributed by atoms with Gasteiger partial charge in [0.05, 0.1) is 6.54 Å². The maximum Gasteiger partial charge on any atom is 0.191 e. The molecule has 1 fully saturated rings. The summed E-state index contributed by atoms with van der Waals surface area (Å²) in [5.41, 5.74) is 0. The number of aromatic nitrogens is 1. The van der Waals surface area contributed by atoms with Crippen molar-refractivity contribution in [1.29, 1.82) is 0 Å². The predicted octanol–water partition coefficient (Wildman–Crippen LogP) is 2.86.